The number of alkyl carbamates (subject to hydrolysis) is 1. The number of rotatable bonds is 9. The first-order chi connectivity index (χ1) is 18.8. The van der Waals surface area contributed by atoms with Crippen molar-refractivity contribution < 1.29 is 19.1 Å². The molecule has 0 aliphatic rings. The van der Waals surface area contributed by atoms with Crippen molar-refractivity contribution in [3.05, 3.63) is 108 Å². The Labute approximate surface area is 237 Å². The van der Waals surface area contributed by atoms with Gasteiger partial charge in [0.05, 0.1) is 0 Å². The molecule has 40 heavy (non-hydrogen) atoms. The molecule has 0 fully saturated rings. The van der Waals surface area contributed by atoms with Crippen LogP contribution in [0.3, 0.4) is 0 Å². The zero-order valence-electron chi connectivity index (χ0n) is 24.3. The summed E-state index contributed by atoms with van der Waals surface area (Å²) in [6.07, 6.45) is -0.459. The second-order valence-corrected chi connectivity index (χ2v) is 11.8. The molecule has 0 aromatic heterocycles. The summed E-state index contributed by atoms with van der Waals surface area (Å²) in [6, 6.07) is 26.4. The topological polar surface area (TPSA) is 87.7 Å². The molecule has 3 amide bonds. The number of ether oxygens (including phenoxy) is 1. The van der Waals surface area contributed by atoms with Crippen molar-refractivity contribution >= 4 is 17.9 Å². The second-order valence-electron chi connectivity index (χ2n) is 11.8. The van der Waals surface area contributed by atoms with Crippen LogP contribution < -0.4 is 10.6 Å². The summed E-state index contributed by atoms with van der Waals surface area (Å²) in [6.45, 7) is 11.3. The molecule has 0 radical (unpaired) electrons. The lowest BCUT2D eigenvalue weighted by molar-refractivity contribution is -0.148. The summed E-state index contributed by atoms with van der Waals surface area (Å²) < 4.78 is 5.50. The van der Waals surface area contributed by atoms with Crippen molar-refractivity contribution in [1.29, 1.82) is 0 Å². The predicted octanol–water partition coefficient (Wildman–Crippen LogP) is 5.81. The van der Waals surface area contributed by atoms with E-state index in [0.717, 1.165) is 11.1 Å². The van der Waals surface area contributed by atoms with Gasteiger partial charge in [0, 0.05) is 18.5 Å². The maximum Gasteiger partial charge on any atom is 0.408 e. The van der Waals surface area contributed by atoms with Gasteiger partial charge in [-0.3, -0.25) is 9.59 Å². The molecular formula is C33H41N3O4. The molecule has 0 spiro atoms. The maximum atomic E-state index is 14.5. The van der Waals surface area contributed by atoms with Gasteiger partial charge in [0.2, 0.25) is 11.8 Å². The highest BCUT2D eigenvalue weighted by Crippen LogP contribution is 2.30. The fourth-order valence-electron chi connectivity index (χ4n) is 4.45. The van der Waals surface area contributed by atoms with Crippen LogP contribution in [0.25, 0.3) is 0 Å². The summed E-state index contributed by atoms with van der Waals surface area (Å²) in [5.41, 5.74) is 0.983. The van der Waals surface area contributed by atoms with Crippen LogP contribution in [0.5, 0.6) is 0 Å². The van der Waals surface area contributed by atoms with Gasteiger partial charge in [-0.1, -0.05) is 91.0 Å². The van der Waals surface area contributed by atoms with Gasteiger partial charge in [-0.25, -0.2) is 4.79 Å². The minimum atomic E-state index is -0.968. The molecule has 2 atom stereocenters. The quantitative estimate of drug-likeness (QED) is 0.357. The van der Waals surface area contributed by atoms with E-state index in [1.807, 2.05) is 112 Å². The molecule has 3 rings (SSSR count). The molecule has 0 aliphatic heterocycles. The van der Waals surface area contributed by atoms with Crippen molar-refractivity contribution in [1.82, 2.24) is 15.5 Å². The molecule has 0 saturated carbocycles. The van der Waals surface area contributed by atoms with Crippen molar-refractivity contribution in [2.24, 2.45) is 0 Å². The number of nitrogens with zero attached hydrogens (tertiary/aromatic N) is 1. The molecule has 0 bridgehead atoms. The lowest BCUT2D eigenvalue weighted by atomic mass is 9.94. The zero-order chi connectivity index (χ0) is 29.3. The molecule has 7 heteroatoms. The molecule has 212 valence electrons. The van der Waals surface area contributed by atoms with Crippen molar-refractivity contribution in [3.63, 3.8) is 0 Å². The lowest BCUT2D eigenvalue weighted by Gasteiger charge is -2.43. The van der Waals surface area contributed by atoms with E-state index in [-0.39, 0.29) is 18.2 Å². The highest BCUT2D eigenvalue weighted by atomic mass is 16.6. The Kier molecular flexibility index (Phi) is 10.1. The second kappa shape index (κ2) is 13.3. The van der Waals surface area contributed by atoms with Crippen molar-refractivity contribution in [2.45, 2.75) is 77.7 Å². The van der Waals surface area contributed by atoms with Gasteiger partial charge in [0.15, 0.2) is 0 Å². The Hall–Kier alpha value is -4.13. The Morgan fingerprint density at radius 1 is 0.750 bits per heavy atom. The lowest BCUT2D eigenvalue weighted by Crippen LogP contribution is -2.59. The van der Waals surface area contributed by atoms with Crippen LogP contribution in [0, 0.1) is 0 Å². The smallest absolute Gasteiger partial charge is 0.408 e. The normalized spacial score (nSPS) is 13.1. The number of hydrogen-bond acceptors (Lipinski definition) is 4. The van der Waals surface area contributed by atoms with Gasteiger partial charge < -0.3 is 20.3 Å². The Morgan fingerprint density at radius 3 is 1.75 bits per heavy atom. The van der Waals surface area contributed by atoms with Gasteiger partial charge in [0.25, 0.3) is 0 Å². The SMILES string of the molecule is CC(C)(C)OC(=O)NC(Cc1ccccc1)C(=O)N(C(C(=O)NCc1ccccc1)c1ccccc1)C(C)(C)C. The van der Waals surface area contributed by atoms with Gasteiger partial charge >= 0.3 is 6.09 Å². The van der Waals surface area contributed by atoms with Crippen LogP contribution in [0.1, 0.15) is 64.3 Å². The highest BCUT2D eigenvalue weighted by Gasteiger charge is 2.41. The van der Waals surface area contributed by atoms with Gasteiger partial charge in [0.1, 0.15) is 17.7 Å². The first kappa shape index (κ1) is 30.4. The minimum Gasteiger partial charge on any atom is -0.444 e. The van der Waals surface area contributed by atoms with E-state index in [9.17, 15) is 14.4 Å². The molecule has 2 N–H and O–H groups in total. The first-order valence-electron chi connectivity index (χ1n) is 13.6. The third-order valence-corrected chi connectivity index (χ3v) is 6.16. The molecule has 3 aromatic rings. The number of nitrogens with one attached hydrogen (secondary N) is 2. The average molecular weight is 544 g/mol. The number of hydrogen-bond donors (Lipinski definition) is 2. The van der Waals surface area contributed by atoms with E-state index in [2.05, 4.69) is 10.6 Å². The van der Waals surface area contributed by atoms with E-state index in [1.165, 1.54) is 0 Å². The number of amides is 3. The van der Waals surface area contributed by atoms with Crippen molar-refractivity contribution in [2.75, 3.05) is 0 Å². The largest absolute Gasteiger partial charge is 0.444 e. The summed E-state index contributed by atoms with van der Waals surface area (Å²) in [7, 11) is 0. The van der Waals surface area contributed by atoms with Gasteiger partial charge in [-0.15, -0.1) is 0 Å². The number of carbonyl (C=O) groups excluding carboxylic acids is 3. The van der Waals surface area contributed by atoms with E-state index in [0.29, 0.717) is 12.1 Å². The van der Waals surface area contributed by atoms with E-state index < -0.39 is 29.3 Å². The molecule has 7 nitrogen and oxygen atoms in total. The highest BCUT2D eigenvalue weighted by molar-refractivity contribution is 5.92. The molecule has 2 unspecified atom stereocenters. The summed E-state index contributed by atoms with van der Waals surface area (Å²) >= 11 is 0. The maximum absolute atomic E-state index is 14.5. The summed E-state index contributed by atoms with van der Waals surface area (Å²) in [5.74, 6) is -0.694. The van der Waals surface area contributed by atoms with Gasteiger partial charge in [-0.05, 0) is 58.2 Å². The van der Waals surface area contributed by atoms with E-state index in [4.69, 9.17) is 4.74 Å². The third kappa shape index (κ3) is 8.97. The van der Waals surface area contributed by atoms with Gasteiger partial charge in [-0.2, -0.15) is 0 Å². The minimum absolute atomic E-state index is 0.235. The van der Waals surface area contributed by atoms with Crippen LogP contribution in [0.4, 0.5) is 4.79 Å². The monoisotopic (exact) mass is 543 g/mol. The predicted molar refractivity (Wildman–Crippen MR) is 157 cm³/mol. The molecule has 0 saturated heterocycles. The molecule has 3 aromatic carbocycles. The zero-order valence-corrected chi connectivity index (χ0v) is 24.3. The summed E-state index contributed by atoms with van der Waals surface area (Å²) in [4.78, 5) is 42.8. The average Bonchev–Trinajstić information content (AvgIpc) is 2.89. The Bertz CT molecular complexity index is 1250. The third-order valence-electron chi connectivity index (χ3n) is 6.16. The Morgan fingerprint density at radius 2 is 1.25 bits per heavy atom. The molecular weight excluding hydrogens is 502 g/mol. The van der Waals surface area contributed by atoms with Crippen LogP contribution in [0.15, 0.2) is 91.0 Å². The standard InChI is InChI=1S/C33H41N3O4/c1-32(2,3)36(28(26-20-14-9-15-21-26)29(37)34-23-25-18-12-8-13-19-25)30(38)27(22-24-16-10-7-11-17-24)35-31(39)40-33(4,5)6/h7-21,27-28H,22-23H2,1-6H3,(H,34,37)(H,35,39). The number of benzene rings is 3. The number of carbonyl (C=O) groups is 3. The van der Waals surface area contributed by atoms with E-state index in [1.54, 1.807) is 25.7 Å². The Balaban J connectivity index is 2.01. The van der Waals surface area contributed by atoms with Crippen LogP contribution in [-0.2, 0) is 27.3 Å². The first-order valence-corrected chi connectivity index (χ1v) is 13.6. The van der Waals surface area contributed by atoms with E-state index >= 15 is 0 Å². The van der Waals surface area contributed by atoms with Crippen LogP contribution in [0.2, 0.25) is 0 Å². The van der Waals surface area contributed by atoms with Crippen LogP contribution >= 0.6 is 0 Å². The van der Waals surface area contributed by atoms with Crippen molar-refractivity contribution in [3.8, 4) is 0 Å². The van der Waals surface area contributed by atoms with Crippen LogP contribution in [-0.4, -0.2) is 40.0 Å². The fraction of sp³-hybridized carbons (Fsp3) is 0.364. The molecule has 0 aliphatic carbocycles. The summed E-state index contributed by atoms with van der Waals surface area (Å²) in [5, 5.41) is 5.81. The fourth-order valence-corrected chi connectivity index (χ4v) is 4.45. The molecule has 0 heterocycles.